The Balaban J connectivity index is 1.49. The predicted molar refractivity (Wildman–Crippen MR) is 165 cm³/mol. The van der Waals surface area contributed by atoms with E-state index in [1.807, 2.05) is 0 Å². The summed E-state index contributed by atoms with van der Waals surface area (Å²) in [5.74, 6) is 0.521. The second-order valence-corrected chi connectivity index (χ2v) is 10.4. The standard InChI is InChI=1S/C37H29N/c1-25(2)28-19-21-32-29(23-28)17-18-30-24-31(20-22-33(30)32)38(36-15-7-11-26-9-3-5-13-34(26)36)37-16-8-12-27-10-4-6-14-35(27)37/h3-25H,1-2H3. The normalized spacial score (nSPS) is 11.7. The molecule has 0 spiro atoms. The number of hydrogen-bond acceptors (Lipinski definition) is 1. The van der Waals surface area contributed by atoms with E-state index in [0.29, 0.717) is 5.92 Å². The Labute approximate surface area is 223 Å². The van der Waals surface area contributed by atoms with E-state index in [9.17, 15) is 0 Å². The van der Waals surface area contributed by atoms with Crippen LogP contribution in [0.5, 0.6) is 0 Å². The van der Waals surface area contributed by atoms with E-state index in [-0.39, 0.29) is 0 Å². The van der Waals surface area contributed by atoms with Gasteiger partial charge in [-0.3, -0.25) is 0 Å². The summed E-state index contributed by atoms with van der Waals surface area (Å²) in [5, 5.41) is 10.1. The molecule has 0 N–H and O–H groups in total. The summed E-state index contributed by atoms with van der Waals surface area (Å²) in [5.41, 5.74) is 4.90. The molecule has 7 aromatic carbocycles. The van der Waals surface area contributed by atoms with E-state index in [4.69, 9.17) is 0 Å². The zero-order valence-corrected chi connectivity index (χ0v) is 21.7. The Morgan fingerprint density at radius 1 is 0.421 bits per heavy atom. The monoisotopic (exact) mass is 487 g/mol. The molecule has 1 nitrogen and oxygen atoms in total. The van der Waals surface area contributed by atoms with Crippen LogP contribution in [-0.2, 0) is 0 Å². The first-order chi connectivity index (χ1) is 18.7. The van der Waals surface area contributed by atoms with Gasteiger partial charge in [-0.2, -0.15) is 0 Å². The molecule has 0 radical (unpaired) electrons. The fraction of sp³-hybridized carbons (Fsp3) is 0.0811. The van der Waals surface area contributed by atoms with Gasteiger partial charge < -0.3 is 4.90 Å². The lowest BCUT2D eigenvalue weighted by molar-refractivity contribution is 0.869. The van der Waals surface area contributed by atoms with Crippen LogP contribution in [0.4, 0.5) is 17.1 Å². The van der Waals surface area contributed by atoms with Gasteiger partial charge in [-0.25, -0.2) is 0 Å². The van der Waals surface area contributed by atoms with Crippen LogP contribution in [-0.4, -0.2) is 0 Å². The van der Waals surface area contributed by atoms with Crippen molar-refractivity contribution in [1.82, 2.24) is 0 Å². The second-order valence-electron chi connectivity index (χ2n) is 10.4. The molecule has 0 fully saturated rings. The summed E-state index contributed by atoms with van der Waals surface area (Å²) in [6, 6.07) is 48.9. The maximum Gasteiger partial charge on any atom is 0.0540 e. The van der Waals surface area contributed by atoms with Crippen molar-refractivity contribution < 1.29 is 0 Å². The molecule has 0 bridgehead atoms. The third-order valence-corrected chi connectivity index (χ3v) is 7.78. The molecule has 7 rings (SSSR count). The van der Waals surface area contributed by atoms with Crippen molar-refractivity contribution in [2.45, 2.75) is 19.8 Å². The summed E-state index contributed by atoms with van der Waals surface area (Å²) >= 11 is 0. The fourth-order valence-corrected chi connectivity index (χ4v) is 5.79. The van der Waals surface area contributed by atoms with E-state index in [0.717, 1.165) is 5.69 Å². The Morgan fingerprint density at radius 2 is 0.947 bits per heavy atom. The van der Waals surface area contributed by atoms with Crippen LogP contribution in [0, 0.1) is 0 Å². The lowest BCUT2D eigenvalue weighted by Crippen LogP contribution is -2.11. The number of fused-ring (bicyclic) bond motifs is 5. The summed E-state index contributed by atoms with van der Waals surface area (Å²) < 4.78 is 0. The van der Waals surface area contributed by atoms with Crippen molar-refractivity contribution in [3.63, 3.8) is 0 Å². The molecule has 0 saturated carbocycles. The van der Waals surface area contributed by atoms with Crippen LogP contribution in [0.25, 0.3) is 43.1 Å². The molecule has 0 unspecified atom stereocenters. The fourth-order valence-electron chi connectivity index (χ4n) is 5.79. The quantitative estimate of drug-likeness (QED) is 0.223. The van der Waals surface area contributed by atoms with Gasteiger partial charge in [0.15, 0.2) is 0 Å². The molecule has 7 aromatic rings. The first kappa shape index (κ1) is 22.6. The smallest absolute Gasteiger partial charge is 0.0540 e. The topological polar surface area (TPSA) is 3.24 Å². The SMILES string of the molecule is CC(C)c1ccc2c(ccc3cc(N(c4cccc5ccccc45)c4cccc5ccccc45)ccc32)c1. The molecular weight excluding hydrogens is 458 g/mol. The highest BCUT2D eigenvalue weighted by Crippen LogP contribution is 2.43. The van der Waals surface area contributed by atoms with Crippen LogP contribution < -0.4 is 4.90 Å². The van der Waals surface area contributed by atoms with Crippen molar-refractivity contribution in [1.29, 1.82) is 0 Å². The largest absolute Gasteiger partial charge is 0.309 e. The Bertz CT molecular complexity index is 1870. The van der Waals surface area contributed by atoms with Crippen molar-refractivity contribution in [2.24, 2.45) is 0 Å². The zero-order chi connectivity index (χ0) is 25.6. The Morgan fingerprint density at radius 3 is 1.55 bits per heavy atom. The number of nitrogens with zero attached hydrogens (tertiary/aromatic N) is 1. The molecule has 0 atom stereocenters. The van der Waals surface area contributed by atoms with Crippen LogP contribution >= 0.6 is 0 Å². The second kappa shape index (κ2) is 9.04. The van der Waals surface area contributed by atoms with E-state index in [1.165, 1.54) is 60.0 Å². The summed E-state index contributed by atoms with van der Waals surface area (Å²) in [6.07, 6.45) is 0. The Kier molecular flexibility index (Phi) is 5.37. The number of anilines is 3. The molecule has 1 heteroatoms. The molecule has 0 aliphatic heterocycles. The number of benzene rings is 7. The number of rotatable bonds is 4. The molecular formula is C37H29N. The highest BCUT2D eigenvalue weighted by atomic mass is 15.1. The number of hydrogen-bond donors (Lipinski definition) is 0. The predicted octanol–water partition coefficient (Wildman–Crippen LogP) is 10.9. The van der Waals surface area contributed by atoms with Crippen molar-refractivity contribution >= 4 is 60.2 Å². The van der Waals surface area contributed by atoms with Crippen molar-refractivity contribution in [3.8, 4) is 0 Å². The van der Waals surface area contributed by atoms with E-state index in [2.05, 4.69) is 152 Å². The first-order valence-corrected chi connectivity index (χ1v) is 13.4. The zero-order valence-electron chi connectivity index (χ0n) is 21.7. The van der Waals surface area contributed by atoms with Gasteiger partial charge in [0.05, 0.1) is 11.4 Å². The minimum absolute atomic E-state index is 0.521. The van der Waals surface area contributed by atoms with Gasteiger partial charge in [0.1, 0.15) is 0 Å². The third kappa shape index (κ3) is 3.71. The van der Waals surface area contributed by atoms with Crippen LogP contribution in [0.3, 0.4) is 0 Å². The molecule has 0 saturated heterocycles. The van der Waals surface area contributed by atoms with Gasteiger partial charge >= 0.3 is 0 Å². The van der Waals surface area contributed by atoms with Crippen molar-refractivity contribution in [3.05, 3.63) is 139 Å². The van der Waals surface area contributed by atoms with Gasteiger partial charge in [-0.15, -0.1) is 0 Å². The maximum absolute atomic E-state index is 2.43. The molecule has 0 heterocycles. The lowest BCUT2D eigenvalue weighted by atomic mass is 9.95. The van der Waals surface area contributed by atoms with Gasteiger partial charge in [0.25, 0.3) is 0 Å². The molecule has 0 aromatic heterocycles. The third-order valence-electron chi connectivity index (χ3n) is 7.78. The first-order valence-electron chi connectivity index (χ1n) is 13.4. The maximum atomic E-state index is 2.43. The van der Waals surface area contributed by atoms with E-state index in [1.54, 1.807) is 0 Å². The van der Waals surface area contributed by atoms with Crippen molar-refractivity contribution in [2.75, 3.05) is 4.90 Å². The van der Waals surface area contributed by atoms with Gasteiger partial charge in [0.2, 0.25) is 0 Å². The van der Waals surface area contributed by atoms with Crippen LogP contribution in [0.2, 0.25) is 0 Å². The molecule has 0 amide bonds. The van der Waals surface area contributed by atoms with Gasteiger partial charge in [0, 0.05) is 16.5 Å². The summed E-state index contributed by atoms with van der Waals surface area (Å²) in [7, 11) is 0. The van der Waals surface area contributed by atoms with Crippen LogP contribution in [0.1, 0.15) is 25.3 Å². The molecule has 0 aliphatic carbocycles. The molecule has 182 valence electrons. The summed E-state index contributed by atoms with van der Waals surface area (Å²) in [6.45, 7) is 4.51. The minimum Gasteiger partial charge on any atom is -0.309 e. The highest BCUT2D eigenvalue weighted by Gasteiger charge is 2.18. The van der Waals surface area contributed by atoms with E-state index < -0.39 is 0 Å². The van der Waals surface area contributed by atoms with E-state index >= 15 is 0 Å². The average molecular weight is 488 g/mol. The molecule has 38 heavy (non-hydrogen) atoms. The Hall–Kier alpha value is -4.62. The van der Waals surface area contributed by atoms with Crippen LogP contribution in [0.15, 0.2) is 133 Å². The van der Waals surface area contributed by atoms with Gasteiger partial charge in [-0.05, 0) is 68.1 Å². The van der Waals surface area contributed by atoms with Gasteiger partial charge in [-0.1, -0.05) is 123 Å². The minimum atomic E-state index is 0.521. The summed E-state index contributed by atoms with van der Waals surface area (Å²) in [4.78, 5) is 2.43. The average Bonchev–Trinajstić information content (AvgIpc) is 2.97. The highest BCUT2D eigenvalue weighted by molar-refractivity contribution is 6.10. The molecule has 0 aliphatic rings. The lowest BCUT2D eigenvalue weighted by Gasteiger charge is -2.28.